The van der Waals surface area contributed by atoms with Crippen LogP contribution in [0.1, 0.15) is 39.5 Å². The number of nitrogens with two attached hydrogens (primary N) is 1. The first kappa shape index (κ1) is 15.4. The Morgan fingerprint density at radius 3 is 2.83 bits per heavy atom. The zero-order valence-electron chi connectivity index (χ0n) is 11.4. The lowest BCUT2D eigenvalue weighted by Gasteiger charge is -2.33. The Morgan fingerprint density at radius 1 is 1.56 bits per heavy atom. The molecule has 4 nitrogen and oxygen atoms in total. The number of carbonyl (C=O) groups excluding carboxylic acids is 1. The molecule has 1 amide bonds. The maximum Gasteiger partial charge on any atom is 0.230 e. The molecule has 0 aliphatic carbocycles. The summed E-state index contributed by atoms with van der Waals surface area (Å²) in [5, 5.41) is 3.10. The van der Waals surface area contributed by atoms with Gasteiger partial charge < -0.3 is 16.0 Å². The summed E-state index contributed by atoms with van der Waals surface area (Å²) in [6.45, 7) is 7.31. The van der Waals surface area contributed by atoms with Crippen LogP contribution >= 0.6 is 12.2 Å². The smallest absolute Gasteiger partial charge is 0.230 e. The Bertz CT molecular complexity index is 296. The van der Waals surface area contributed by atoms with Gasteiger partial charge in [0.05, 0.1) is 10.9 Å². The predicted molar refractivity (Wildman–Crippen MR) is 78.5 cm³/mol. The van der Waals surface area contributed by atoms with E-state index in [0.29, 0.717) is 4.99 Å². The average Bonchev–Trinajstić information content (AvgIpc) is 2.35. The van der Waals surface area contributed by atoms with Crippen LogP contribution in [-0.4, -0.2) is 41.5 Å². The van der Waals surface area contributed by atoms with Crippen molar-refractivity contribution >= 4 is 23.1 Å². The van der Waals surface area contributed by atoms with Gasteiger partial charge in [0.2, 0.25) is 5.91 Å². The summed E-state index contributed by atoms with van der Waals surface area (Å²) in [6, 6.07) is 0.250. The van der Waals surface area contributed by atoms with Gasteiger partial charge >= 0.3 is 0 Å². The van der Waals surface area contributed by atoms with Gasteiger partial charge in [-0.25, -0.2) is 0 Å². The van der Waals surface area contributed by atoms with E-state index in [1.165, 1.54) is 0 Å². The van der Waals surface area contributed by atoms with Gasteiger partial charge in [-0.15, -0.1) is 0 Å². The van der Waals surface area contributed by atoms with Gasteiger partial charge in [-0.3, -0.25) is 4.79 Å². The van der Waals surface area contributed by atoms with E-state index in [4.69, 9.17) is 18.0 Å². The number of amides is 1. The molecule has 1 heterocycles. The third-order valence-corrected chi connectivity index (χ3v) is 3.82. The maximum atomic E-state index is 12.1. The van der Waals surface area contributed by atoms with E-state index in [0.717, 1.165) is 45.3 Å². The van der Waals surface area contributed by atoms with Gasteiger partial charge in [0.25, 0.3) is 0 Å². The molecule has 1 aliphatic rings. The monoisotopic (exact) mass is 271 g/mol. The number of piperidine rings is 1. The second-order valence-electron chi connectivity index (χ2n) is 4.98. The van der Waals surface area contributed by atoms with Gasteiger partial charge in [0.1, 0.15) is 0 Å². The van der Waals surface area contributed by atoms with E-state index in [9.17, 15) is 4.79 Å². The molecule has 0 spiro atoms. The minimum absolute atomic E-state index is 0.00676. The maximum absolute atomic E-state index is 12.1. The van der Waals surface area contributed by atoms with Crippen molar-refractivity contribution < 1.29 is 4.79 Å². The van der Waals surface area contributed by atoms with Crippen LogP contribution in [0.25, 0.3) is 0 Å². The van der Waals surface area contributed by atoms with Gasteiger partial charge in [-0.2, -0.15) is 0 Å². The molecule has 2 atom stereocenters. The molecular weight excluding hydrogens is 246 g/mol. The summed E-state index contributed by atoms with van der Waals surface area (Å²) in [7, 11) is 0. The zero-order valence-corrected chi connectivity index (χ0v) is 12.3. The molecular formula is C13H25N3OS. The first-order chi connectivity index (χ1) is 8.58. The van der Waals surface area contributed by atoms with E-state index in [1.807, 2.05) is 6.92 Å². The van der Waals surface area contributed by atoms with Crippen LogP contribution in [0.2, 0.25) is 0 Å². The van der Waals surface area contributed by atoms with E-state index < -0.39 is 0 Å². The quantitative estimate of drug-likeness (QED) is 0.715. The van der Waals surface area contributed by atoms with Gasteiger partial charge in [0, 0.05) is 12.6 Å². The minimum atomic E-state index is -0.304. The van der Waals surface area contributed by atoms with Gasteiger partial charge in [-0.1, -0.05) is 32.5 Å². The van der Waals surface area contributed by atoms with Crippen molar-refractivity contribution in [1.82, 2.24) is 10.2 Å². The Morgan fingerprint density at radius 2 is 2.28 bits per heavy atom. The van der Waals surface area contributed by atoms with Crippen molar-refractivity contribution in [3.05, 3.63) is 0 Å². The van der Waals surface area contributed by atoms with E-state index in [2.05, 4.69) is 17.1 Å². The predicted octanol–water partition coefficient (Wildman–Crippen LogP) is 1.29. The molecule has 2 unspecified atom stereocenters. The van der Waals surface area contributed by atoms with Crippen molar-refractivity contribution in [2.24, 2.45) is 11.7 Å². The highest BCUT2D eigenvalue weighted by Crippen LogP contribution is 2.12. The molecule has 1 aliphatic heterocycles. The Labute approximate surface area is 115 Å². The number of hydrogen-bond donors (Lipinski definition) is 2. The second kappa shape index (κ2) is 7.69. The molecule has 3 N–H and O–H groups in total. The van der Waals surface area contributed by atoms with Gasteiger partial charge in [0.15, 0.2) is 0 Å². The molecule has 5 heteroatoms. The molecule has 0 aromatic rings. The van der Waals surface area contributed by atoms with Crippen LogP contribution in [0.4, 0.5) is 0 Å². The SMILES string of the molecule is CCCC(C(=O)NC1CCCN(CC)C1)C(N)=S. The highest BCUT2D eigenvalue weighted by atomic mass is 32.1. The van der Waals surface area contributed by atoms with Crippen molar-refractivity contribution in [2.75, 3.05) is 19.6 Å². The lowest BCUT2D eigenvalue weighted by atomic mass is 10.0. The lowest BCUT2D eigenvalue weighted by Crippen LogP contribution is -2.50. The van der Waals surface area contributed by atoms with E-state index in [1.54, 1.807) is 0 Å². The third kappa shape index (κ3) is 4.53. The topological polar surface area (TPSA) is 58.4 Å². The molecule has 0 aromatic heterocycles. The van der Waals surface area contributed by atoms with Crippen LogP contribution in [0.15, 0.2) is 0 Å². The summed E-state index contributed by atoms with van der Waals surface area (Å²) in [6.07, 6.45) is 3.86. The Kier molecular flexibility index (Phi) is 6.57. The highest BCUT2D eigenvalue weighted by molar-refractivity contribution is 7.80. The number of nitrogens with zero attached hydrogens (tertiary/aromatic N) is 1. The summed E-state index contributed by atoms with van der Waals surface area (Å²) in [4.78, 5) is 14.8. The van der Waals surface area contributed by atoms with Crippen LogP contribution in [-0.2, 0) is 4.79 Å². The lowest BCUT2D eigenvalue weighted by molar-refractivity contribution is -0.124. The average molecular weight is 271 g/mol. The normalized spacial score (nSPS) is 22.4. The van der Waals surface area contributed by atoms with Crippen LogP contribution in [0, 0.1) is 5.92 Å². The molecule has 18 heavy (non-hydrogen) atoms. The largest absolute Gasteiger partial charge is 0.393 e. The second-order valence-corrected chi connectivity index (χ2v) is 5.46. The number of likely N-dealkylation sites (tertiary alicyclic amines) is 1. The van der Waals surface area contributed by atoms with Crippen molar-refractivity contribution in [1.29, 1.82) is 0 Å². The van der Waals surface area contributed by atoms with Crippen LogP contribution in [0.5, 0.6) is 0 Å². The number of thiocarbonyl (C=S) groups is 1. The minimum Gasteiger partial charge on any atom is -0.393 e. The third-order valence-electron chi connectivity index (χ3n) is 3.54. The summed E-state index contributed by atoms with van der Waals surface area (Å²) in [5.74, 6) is -0.297. The van der Waals surface area contributed by atoms with E-state index in [-0.39, 0.29) is 17.9 Å². The van der Waals surface area contributed by atoms with Crippen molar-refractivity contribution in [3.8, 4) is 0 Å². The highest BCUT2D eigenvalue weighted by Gasteiger charge is 2.25. The molecule has 1 rings (SSSR count). The number of rotatable bonds is 6. The molecule has 1 saturated heterocycles. The number of likely N-dealkylation sites (N-methyl/N-ethyl adjacent to an activating group) is 1. The van der Waals surface area contributed by atoms with Gasteiger partial charge in [-0.05, 0) is 32.4 Å². The van der Waals surface area contributed by atoms with Crippen molar-refractivity contribution in [2.45, 2.75) is 45.6 Å². The number of nitrogens with one attached hydrogen (secondary N) is 1. The summed E-state index contributed by atoms with van der Waals surface area (Å²) >= 11 is 4.98. The van der Waals surface area contributed by atoms with Crippen LogP contribution < -0.4 is 11.1 Å². The Balaban J connectivity index is 2.49. The molecule has 0 bridgehead atoms. The first-order valence-corrected chi connectivity index (χ1v) is 7.31. The molecule has 1 fully saturated rings. The van der Waals surface area contributed by atoms with E-state index >= 15 is 0 Å². The fraction of sp³-hybridized carbons (Fsp3) is 0.846. The zero-order chi connectivity index (χ0) is 13.5. The molecule has 104 valence electrons. The standard InChI is InChI=1S/C13H25N3OS/c1-3-6-11(12(14)18)13(17)15-10-7-5-8-16(4-2)9-10/h10-11H,3-9H2,1-2H3,(H2,14,18)(H,15,17). The van der Waals surface area contributed by atoms with Crippen molar-refractivity contribution in [3.63, 3.8) is 0 Å². The summed E-state index contributed by atoms with van der Waals surface area (Å²) < 4.78 is 0. The molecule has 0 saturated carbocycles. The fourth-order valence-corrected chi connectivity index (χ4v) is 2.68. The molecule has 0 radical (unpaired) electrons. The fourth-order valence-electron chi connectivity index (χ4n) is 2.45. The first-order valence-electron chi connectivity index (χ1n) is 6.90. The summed E-state index contributed by atoms with van der Waals surface area (Å²) in [5.41, 5.74) is 5.64. The number of hydrogen-bond acceptors (Lipinski definition) is 3. The molecule has 0 aromatic carbocycles. The Hall–Kier alpha value is -0.680. The number of carbonyl (C=O) groups is 1. The van der Waals surface area contributed by atoms with Crippen LogP contribution in [0.3, 0.4) is 0 Å².